The Balaban J connectivity index is 1.74. The third-order valence-electron chi connectivity index (χ3n) is 5.00. The van der Waals surface area contributed by atoms with Crippen molar-refractivity contribution in [3.8, 4) is 5.75 Å². The Morgan fingerprint density at radius 2 is 1.93 bits per heavy atom. The van der Waals surface area contributed by atoms with Crippen LogP contribution in [0.3, 0.4) is 0 Å². The van der Waals surface area contributed by atoms with E-state index in [0.29, 0.717) is 18.7 Å². The smallest absolute Gasteiger partial charge is 0.258 e. The normalized spacial score (nSPS) is 18.3. The number of rotatable bonds is 6. The van der Waals surface area contributed by atoms with Crippen LogP contribution in [0, 0.1) is 0 Å². The quantitative estimate of drug-likeness (QED) is 0.631. The monoisotopic (exact) mass is 374 g/mol. The largest absolute Gasteiger partial charge is 0.490 e. The predicted octanol–water partition coefficient (Wildman–Crippen LogP) is 4.79. The van der Waals surface area contributed by atoms with E-state index >= 15 is 0 Å². The maximum atomic E-state index is 13.3. The maximum absolute atomic E-state index is 13.3. The average Bonchev–Trinajstić information content (AvgIpc) is 3.23. The number of furan rings is 1. The molecule has 0 saturated heterocycles. The molecule has 2 heterocycles. The fourth-order valence-corrected chi connectivity index (χ4v) is 3.50. The Bertz CT molecular complexity index is 979. The third kappa shape index (κ3) is 3.16. The molecule has 1 aromatic heterocycles. The summed E-state index contributed by atoms with van der Waals surface area (Å²) in [5, 5.41) is 3.55. The first kappa shape index (κ1) is 17.9. The summed E-state index contributed by atoms with van der Waals surface area (Å²) in [6, 6.07) is 19.0. The van der Waals surface area contributed by atoms with Crippen molar-refractivity contribution >= 4 is 11.6 Å². The topological polar surface area (TPSA) is 54.7 Å². The van der Waals surface area contributed by atoms with Gasteiger partial charge in [0.2, 0.25) is 0 Å². The Hall–Kier alpha value is -3.47. The van der Waals surface area contributed by atoms with Gasteiger partial charge in [0.1, 0.15) is 23.8 Å². The summed E-state index contributed by atoms with van der Waals surface area (Å²) in [6.45, 7) is 6.48. The van der Waals surface area contributed by atoms with Crippen LogP contribution in [0.5, 0.6) is 5.75 Å². The van der Waals surface area contributed by atoms with Crippen LogP contribution in [-0.2, 0) is 12.2 Å². The molecule has 1 N–H and O–H groups in total. The van der Waals surface area contributed by atoms with Crippen molar-refractivity contribution < 1.29 is 13.9 Å². The van der Waals surface area contributed by atoms with E-state index in [2.05, 4.69) is 11.9 Å². The van der Waals surface area contributed by atoms with E-state index in [1.807, 2.05) is 67.6 Å². The van der Waals surface area contributed by atoms with Crippen LogP contribution >= 0.6 is 0 Å². The van der Waals surface area contributed by atoms with Gasteiger partial charge >= 0.3 is 0 Å². The molecule has 5 heteroatoms. The molecule has 0 saturated carbocycles. The van der Waals surface area contributed by atoms with Crippen molar-refractivity contribution in [3.63, 3.8) is 0 Å². The van der Waals surface area contributed by atoms with Gasteiger partial charge < -0.3 is 19.4 Å². The number of para-hydroxylation sites is 1. The van der Waals surface area contributed by atoms with E-state index in [1.54, 1.807) is 17.2 Å². The summed E-state index contributed by atoms with van der Waals surface area (Å²) >= 11 is 0. The summed E-state index contributed by atoms with van der Waals surface area (Å²) in [4.78, 5) is 15.1. The molecule has 0 fully saturated rings. The molecule has 2 aromatic carbocycles. The number of ether oxygens (including phenoxy) is 1. The number of hydrogen-bond acceptors (Lipinski definition) is 4. The molecule has 5 nitrogen and oxygen atoms in total. The van der Waals surface area contributed by atoms with Crippen molar-refractivity contribution in [2.75, 3.05) is 11.9 Å². The van der Waals surface area contributed by atoms with Gasteiger partial charge in [-0.05, 0) is 48.9 Å². The summed E-state index contributed by atoms with van der Waals surface area (Å²) < 4.78 is 11.1. The van der Waals surface area contributed by atoms with E-state index in [0.717, 1.165) is 22.8 Å². The van der Waals surface area contributed by atoms with Gasteiger partial charge in [0, 0.05) is 5.69 Å². The van der Waals surface area contributed by atoms with Crippen molar-refractivity contribution in [2.45, 2.75) is 19.1 Å². The number of hydrogen-bond donors (Lipinski definition) is 1. The minimum absolute atomic E-state index is 0.0415. The molecule has 0 radical (unpaired) electrons. The van der Waals surface area contributed by atoms with Crippen molar-refractivity contribution in [2.24, 2.45) is 0 Å². The highest BCUT2D eigenvalue weighted by Gasteiger charge is 2.42. The van der Waals surface area contributed by atoms with Gasteiger partial charge in [-0.25, -0.2) is 0 Å². The summed E-state index contributed by atoms with van der Waals surface area (Å²) in [6.07, 6.45) is 3.33. The maximum Gasteiger partial charge on any atom is 0.258 e. The summed E-state index contributed by atoms with van der Waals surface area (Å²) in [5.74, 6) is 1.44. The molecular weight excluding hydrogens is 352 g/mol. The standard InChI is InChI=1S/C23H22N2O3/c1-3-14-27-18-12-10-17(11-13-18)23(2)24-21-9-5-4-8-20(21)22(26)25(23)16-19-7-6-15-28-19/h3-13,15,24H,1,14,16H2,2H3. The van der Waals surface area contributed by atoms with Crippen LogP contribution in [0.4, 0.5) is 5.69 Å². The van der Waals surface area contributed by atoms with Crippen molar-refractivity contribution in [1.29, 1.82) is 0 Å². The second-order valence-corrected chi connectivity index (χ2v) is 6.84. The molecule has 4 rings (SSSR count). The highest BCUT2D eigenvalue weighted by Crippen LogP contribution is 2.39. The van der Waals surface area contributed by atoms with Crippen molar-refractivity contribution in [1.82, 2.24) is 4.90 Å². The van der Waals surface area contributed by atoms with Crippen LogP contribution in [-0.4, -0.2) is 17.4 Å². The summed E-state index contributed by atoms with van der Waals surface area (Å²) in [5.41, 5.74) is 1.68. The van der Waals surface area contributed by atoms with Crippen LogP contribution in [0.15, 0.2) is 84.0 Å². The van der Waals surface area contributed by atoms with Crippen molar-refractivity contribution in [3.05, 3.63) is 96.5 Å². The zero-order valence-electron chi connectivity index (χ0n) is 15.7. The number of amides is 1. The zero-order valence-corrected chi connectivity index (χ0v) is 15.7. The van der Waals surface area contributed by atoms with E-state index in [9.17, 15) is 4.79 Å². The van der Waals surface area contributed by atoms with Crippen LogP contribution in [0.1, 0.15) is 28.6 Å². The number of anilines is 1. The fourth-order valence-electron chi connectivity index (χ4n) is 3.50. The summed E-state index contributed by atoms with van der Waals surface area (Å²) in [7, 11) is 0. The second-order valence-electron chi connectivity index (χ2n) is 6.84. The number of carbonyl (C=O) groups excluding carboxylic acids is 1. The molecular formula is C23H22N2O3. The third-order valence-corrected chi connectivity index (χ3v) is 5.00. The fraction of sp³-hybridized carbons (Fsp3) is 0.174. The van der Waals surface area contributed by atoms with E-state index in [1.165, 1.54) is 0 Å². The number of nitrogens with one attached hydrogen (secondary N) is 1. The van der Waals surface area contributed by atoms with Crippen LogP contribution < -0.4 is 10.1 Å². The van der Waals surface area contributed by atoms with Gasteiger partial charge in [-0.15, -0.1) is 0 Å². The Kier molecular flexibility index (Phi) is 4.65. The van der Waals surface area contributed by atoms with Gasteiger partial charge in [0.25, 0.3) is 5.91 Å². The van der Waals surface area contributed by atoms with Gasteiger partial charge in [-0.2, -0.15) is 0 Å². The molecule has 1 unspecified atom stereocenters. The minimum Gasteiger partial charge on any atom is -0.490 e. The first-order chi connectivity index (χ1) is 13.6. The highest BCUT2D eigenvalue weighted by atomic mass is 16.5. The first-order valence-electron chi connectivity index (χ1n) is 9.17. The molecule has 0 aliphatic carbocycles. The van der Waals surface area contributed by atoms with Gasteiger partial charge in [0.05, 0.1) is 18.4 Å². The Morgan fingerprint density at radius 1 is 1.14 bits per heavy atom. The lowest BCUT2D eigenvalue weighted by molar-refractivity contribution is 0.0487. The zero-order chi connectivity index (χ0) is 19.6. The van der Waals surface area contributed by atoms with E-state index in [-0.39, 0.29) is 5.91 Å². The first-order valence-corrected chi connectivity index (χ1v) is 9.17. The molecule has 1 aliphatic rings. The number of carbonyl (C=O) groups is 1. The molecule has 1 amide bonds. The number of nitrogens with zero attached hydrogens (tertiary/aromatic N) is 1. The average molecular weight is 374 g/mol. The van der Waals surface area contributed by atoms with Gasteiger partial charge in [-0.3, -0.25) is 4.79 Å². The van der Waals surface area contributed by atoms with Crippen LogP contribution in [0.2, 0.25) is 0 Å². The predicted molar refractivity (Wildman–Crippen MR) is 108 cm³/mol. The second kappa shape index (κ2) is 7.27. The molecule has 28 heavy (non-hydrogen) atoms. The molecule has 1 atom stereocenters. The number of benzene rings is 2. The lowest BCUT2D eigenvalue weighted by atomic mass is 9.93. The van der Waals surface area contributed by atoms with Gasteiger partial charge in [-0.1, -0.05) is 36.9 Å². The molecule has 0 spiro atoms. The minimum atomic E-state index is -0.741. The molecule has 0 bridgehead atoms. The molecule has 142 valence electrons. The van der Waals surface area contributed by atoms with E-state index in [4.69, 9.17) is 9.15 Å². The van der Waals surface area contributed by atoms with Gasteiger partial charge in [0.15, 0.2) is 0 Å². The lowest BCUT2D eigenvalue weighted by Crippen LogP contribution is -2.55. The SMILES string of the molecule is C=CCOc1ccc(C2(C)Nc3ccccc3C(=O)N2Cc2ccco2)cc1. The highest BCUT2D eigenvalue weighted by molar-refractivity contribution is 6.02. The number of fused-ring (bicyclic) bond motifs is 1. The van der Waals surface area contributed by atoms with E-state index < -0.39 is 5.66 Å². The lowest BCUT2D eigenvalue weighted by Gasteiger charge is -2.46. The Labute approximate surface area is 164 Å². The van der Waals surface area contributed by atoms with Crippen LogP contribution in [0.25, 0.3) is 0 Å². The molecule has 3 aromatic rings. The Morgan fingerprint density at radius 3 is 2.64 bits per heavy atom. The molecule has 1 aliphatic heterocycles.